The molecule has 1 aliphatic carbocycles. The summed E-state index contributed by atoms with van der Waals surface area (Å²) in [5.74, 6) is -0.205. The molecule has 0 amide bonds. The molecule has 1 aromatic carbocycles. The number of rotatable bonds is 5. The van der Waals surface area contributed by atoms with Crippen molar-refractivity contribution in [1.82, 2.24) is 19.8 Å². The maximum atomic E-state index is 13.7. The molecular weight excluding hydrogens is 429 g/mol. The number of anilines is 1. The summed E-state index contributed by atoms with van der Waals surface area (Å²) >= 11 is 6.21. The van der Waals surface area contributed by atoms with Crippen molar-refractivity contribution in [2.75, 3.05) is 5.32 Å². The summed E-state index contributed by atoms with van der Waals surface area (Å²) in [4.78, 5) is 4.43. The Bertz CT molecular complexity index is 1270. The van der Waals surface area contributed by atoms with Crippen LogP contribution < -0.4 is 11.1 Å². The molecule has 5 rings (SSSR count). The molecule has 0 spiro atoms. The van der Waals surface area contributed by atoms with E-state index < -0.39 is 5.82 Å². The largest absolute Gasteiger partial charge is 0.383 e. The topological polar surface area (TPSA) is 96.4 Å². The Morgan fingerprint density at radius 2 is 2.03 bits per heavy atom. The Hall–Kier alpha value is -3.39. The molecule has 0 saturated heterocycles. The highest BCUT2D eigenvalue weighted by Gasteiger charge is 2.20. The third-order valence-electron chi connectivity index (χ3n) is 5.85. The number of fused-ring (bicyclic) bond motifs is 1. The molecule has 32 heavy (non-hydrogen) atoms. The van der Waals surface area contributed by atoms with E-state index in [1.807, 2.05) is 16.9 Å². The van der Waals surface area contributed by atoms with Gasteiger partial charge in [-0.25, -0.2) is 13.9 Å². The van der Waals surface area contributed by atoms with E-state index in [4.69, 9.17) is 17.3 Å². The average Bonchev–Trinajstić information content (AvgIpc) is 3.47. The van der Waals surface area contributed by atoms with Crippen molar-refractivity contribution in [2.24, 2.45) is 10.7 Å². The molecule has 0 aliphatic heterocycles. The summed E-state index contributed by atoms with van der Waals surface area (Å²) in [7, 11) is 0. The molecule has 0 unspecified atom stereocenters. The molecule has 164 valence electrons. The molecular formula is C23H23ClFN7. The Kier molecular flexibility index (Phi) is 5.53. The third-order valence-corrected chi connectivity index (χ3v) is 6.17. The molecule has 1 fully saturated rings. The van der Waals surface area contributed by atoms with Crippen LogP contribution in [0.1, 0.15) is 37.7 Å². The normalized spacial score (nSPS) is 15.4. The van der Waals surface area contributed by atoms with Crippen LogP contribution in [0.15, 0.2) is 54.0 Å². The maximum absolute atomic E-state index is 13.7. The van der Waals surface area contributed by atoms with Gasteiger partial charge < -0.3 is 11.1 Å². The minimum Gasteiger partial charge on any atom is -0.383 e. The molecule has 7 nitrogen and oxygen atoms in total. The first-order valence-electron chi connectivity index (χ1n) is 10.6. The highest BCUT2D eigenvalue weighted by Crippen LogP contribution is 2.32. The van der Waals surface area contributed by atoms with Crippen LogP contribution in [0.2, 0.25) is 5.02 Å². The van der Waals surface area contributed by atoms with Crippen molar-refractivity contribution < 1.29 is 4.39 Å². The molecule has 0 bridgehead atoms. The van der Waals surface area contributed by atoms with Crippen molar-refractivity contribution in [3.63, 3.8) is 0 Å². The monoisotopic (exact) mass is 451 g/mol. The van der Waals surface area contributed by atoms with E-state index in [9.17, 15) is 4.39 Å². The number of nitrogens with one attached hydrogen (secondary N) is 2. The highest BCUT2D eigenvalue weighted by atomic mass is 35.5. The minimum atomic E-state index is -0.425. The Labute approximate surface area is 189 Å². The van der Waals surface area contributed by atoms with Gasteiger partial charge in [-0.05, 0) is 31.0 Å². The van der Waals surface area contributed by atoms with Gasteiger partial charge in [-0.1, -0.05) is 30.9 Å². The predicted molar refractivity (Wildman–Crippen MR) is 125 cm³/mol. The van der Waals surface area contributed by atoms with Crippen LogP contribution in [0.3, 0.4) is 0 Å². The van der Waals surface area contributed by atoms with Crippen LogP contribution >= 0.6 is 11.6 Å². The first kappa shape index (κ1) is 20.5. The van der Waals surface area contributed by atoms with Gasteiger partial charge in [0, 0.05) is 35.6 Å². The van der Waals surface area contributed by atoms with Gasteiger partial charge in [-0.2, -0.15) is 10.2 Å². The van der Waals surface area contributed by atoms with Gasteiger partial charge in [0.05, 0.1) is 39.9 Å². The van der Waals surface area contributed by atoms with Gasteiger partial charge in [0.15, 0.2) is 0 Å². The van der Waals surface area contributed by atoms with Crippen molar-refractivity contribution in [3.8, 4) is 11.1 Å². The van der Waals surface area contributed by atoms with Crippen molar-refractivity contribution in [2.45, 2.75) is 38.1 Å². The number of halogens is 2. The standard InChI is InChI=1S/C23H23ClFN7/c24-19-7-6-16(25)9-20(19)31-23(26)18-12-29-32-13-14(15-10-27-28-11-15)8-21(32)22(18)30-17-4-2-1-3-5-17/h6-13,17,30H,1-5H2,(H2,26,31)(H,27,28). The van der Waals surface area contributed by atoms with E-state index in [0.717, 1.165) is 35.2 Å². The second kappa shape index (κ2) is 8.63. The summed E-state index contributed by atoms with van der Waals surface area (Å²) in [6, 6.07) is 6.42. The van der Waals surface area contributed by atoms with E-state index in [-0.39, 0.29) is 11.5 Å². The summed E-state index contributed by atoms with van der Waals surface area (Å²) in [6.45, 7) is 0. The minimum absolute atomic E-state index is 0.219. The van der Waals surface area contributed by atoms with Gasteiger partial charge in [0.1, 0.15) is 11.7 Å². The Balaban J connectivity index is 1.62. The molecule has 0 radical (unpaired) electrons. The summed E-state index contributed by atoms with van der Waals surface area (Å²) in [5, 5.41) is 15.4. The Morgan fingerprint density at radius 3 is 2.81 bits per heavy atom. The van der Waals surface area contributed by atoms with Gasteiger partial charge in [-0.15, -0.1) is 0 Å². The quantitative estimate of drug-likeness (QED) is 0.283. The SMILES string of the molecule is NC(=Nc1cc(F)ccc1Cl)c1cnn2cc(-c3cn[nH]c3)cc2c1NC1CCCCC1. The van der Waals surface area contributed by atoms with E-state index in [1.54, 1.807) is 12.4 Å². The number of aromatic nitrogens is 4. The Morgan fingerprint density at radius 1 is 1.19 bits per heavy atom. The number of benzene rings is 1. The lowest BCUT2D eigenvalue weighted by molar-refractivity contribution is 0.463. The molecule has 1 saturated carbocycles. The highest BCUT2D eigenvalue weighted by molar-refractivity contribution is 6.33. The molecule has 0 atom stereocenters. The summed E-state index contributed by atoms with van der Waals surface area (Å²) in [6.07, 6.45) is 13.1. The van der Waals surface area contributed by atoms with Crippen molar-refractivity contribution >= 4 is 34.3 Å². The first-order chi connectivity index (χ1) is 15.6. The van der Waals surface area contributed by atoms with Crippen LogP contribution in [0.25, 0.3) is 16.6 Å². The lowest BCUT2D eigenvalue weighted by atomic mass is 9.95. The van der Waals surface area contributed by atoms with Crippen LogP contribution in [-0.2, 0) is 0 Å². The van der Waals surface area contributed by atoms with Crippen LogP contribution in [-0.4, -0.2) is 31.7 Å². The second-order valence-electron chi connectivity index (χ2n) is 8.05. The number of amidine groups is 1. The number of nitrogens with zero attached hydrogens (tertiary/aromatic N) is 4. The molecule has 3 heterocycles. The van der Waals surface area contributed by atoms with Gasteiger partial charge >= 0.3 is 0 Å². The zero-order valence-electron chi connectivity index (χ0n) is 17.4. The molecule has 3 aromatic heterocycles. The first-order valence-corrected chi connectivity index (χ1v) is 11.0. The molecule has 1 aliphatic rings. The summed E-state index contributed by atoms with van der Waals surface area (Å²) in [5.41, 5.74) is 11.0. The summed E-state index contributed by atoms with van der Waals surface area (Å²) < 4.78 is 15.5. The zero-order chi connectivity index (χ0) is 22.1. The fourth-order valence-corrected chi connectivity index (χ4v) is 4.34. The number of hydrogen-bond acceptors (Lipinski definition) is 4. The van der Waals surface area contributed by atoms with E-state index in [1.165, 1.54) is 37.5 Å². The van der Waals surface area contributed by atoms with Crippen molar-refractivity contribution in [1.29, 1.82) is 0 Å². The van der Waals surface area contributed by atoms with Crippen LogP contribution in [0, 0.1) is 5.82 Å². The van der Waals surface area contributed by atoms with Crippen LogP contribution in [0.5, 0.6) is 0 Å². The lowest BCUT2D eigenvalue weighted by Gasteiger charge is -2.25. The molecule has 4 N–H and O–H groups in total. The van der Waals surface area contributed by atoms with E-state index in [0.29, 0.717) is 16.6 Å². The maximum Gasteiger partial charge on any atom is 0.135 e. The van der Waals surface area contributed by atoms with Gasteiger partial charge in [-0.3, -0.25) is 5.10 Å². The smallest absolute Gasteiger partial charge is 0.135 e. The van der Waals surface area contributed by atoms with Gasteiger partial charge in [0.25, 0.3) is 0 Å². The molecule has 9 heteroatoms. The number of H-pyrrole nitrogens is 1. The number of nitrogens with two attached hydrogens (primary N) is 1. The van der Waals surface area contributed by atoms with E-state index >= 15 is 0 Å². The number of aliphatic imine (C=N–C) groups is 1. The number of aromatic amines is 1. The molecule has 4 aromatic rings. The predicted octanol–water partition coefficient (Wildman–Crippen LogP) is 5.30. The van der Waals surface area contributed by atoms with Crippen molar-refractivity contribution in [3.05, 3.63) is 65.5 Å². The zero-order valence-corrected chi connectivity index (χ0v) is 18.1. The number of hydrogen-bond donors (Lipinski definition) is 3. The fourth-order valence-electron chi connectivity index (χ4n) is 4.18. The second-order valence-corrected chi connectivity index (χ2v) is 8.46. The van der Waals surface area contributed by atoms with E-state index in [2.05, 4.69) is 31.7 Å². The lowest BCUT2D eigenvalue weighted by Crippen LogP contribution is -2.25. The third kappa shape index (κ3) is 4.05. The van der Waals surface area contributed by atoms with Gasteiger partial charge in [0.2, 0.25) is 0 Å². The van der Waals surface area contributed by atoms with Crippen LogP contribution in [0.4, 0.5) is 15.8 Å². The fraction of sp³-hybridized carbons (Fsp3) is 0.261. The average molecular weight is 452 g/mol.